The molecule has 0 bridgehead atoms. The Kier molecular flexibility index (Phi) is 11.0. The van der Waals surface area contributed by atoms with Gasteiger partial charge in [-0.3, -0.25) is 9.69 Å². The van der Waals surface area contributed by atoms with Crippen LogP contribution < -0.4 is 5.32 Å². The molecule has 4 aromatic rings. The molecule has 47 heavy (non-hydrogen) atoms. The molecular weight excluding hydrogens is 584 g/mol. The second-order valence-corrected chi connectivity index (χ2v) is 12.9. The highest BCUT2D eigenvalue weighted by Gasteiger charge is 2.40. The minimum atomic E-state index is -0.541. The molecule has 2 fully saturated rings. The number of carbonyl (C=O) groups excluding carboxylic acids is 1. The summed E-state index contributed by atoms with van der Waals surface area (Å²) in [6.45, 7) is 8.40. The lowest BCUT2D eigenvalue weighted by molar-refractivity contribution is -0.276. The maximum absolute atomic E-state index is 12.6. The van der Waals surface area contributed by atoms with Gasteiger partial charge in [0, 0.05) is 42.7 Å². The summed E-state index contributed by atoms with van der Waals surface area (Å²) in [6.07, 6.45) is 6.25. The molecule has 0 unspecified atom stereocenters. The van der Waals surface area contributed by atoms with Gasteiger partial charge < -0.3 is 19.9 Å². The number of rotatable bonds is 12. The molecule has 4 aromatic carbocycles. The highest BCUT2D eigenvalue weighted by molar-refractivity contribution is 5.94. The zero-order valence-corrected chi connectivity index (χ0v) is 27.3. The van der Waals surface area contributed by atoms with Crippen LogP contribution in [0.2, 0.25) is 0 Å². The molecule has 2 N–H and O–H groups in total. The molecule has 0 aromatic heterocycles. The molecule has 0 spiro atoms. The van der Waals surface area contributed by atoms with Crippen molar-refractivity contribution in [3.05, 3.63) is 144 Å². The Labute approximate surface area is 279 Å². The van der Waals surface area contributed by atoms with Crippen LogP contribution >= 0.6 is 0 Å². The van der Waals surface area contributed by atoms with Gasteiger partial charge in [-0.25, -0.2) is 0 Å². The molecule has 6 heteroatoms. The van der Waals surface area contributed by atoms with Gasteiger partial charge in [0.25, 0.3) is 5.91 Å². The van der Waals surface area contributed by atoms with Crippen molar-refractivity contribution in [2.24, 2.45) is 5.92 Å². The monoisotopic (exact) mass is 630 g/mol. The predicted molar refractivity (Wildman–Crippen MR) is 186 cm³/mol. The van der Waals surface area contributed by atoms with Gasteiger partial charge >= 0.3 is 0 Å². The lowest BCUT2D eigenvalue weighted by Crippen LogP contribution is -2.47. The van der Waals surface area contributed by atoms with Gasteiger partial charge in [0.05, 0.1) is 18.8 Å². The van der Waals surface area contributed by atoms with E-state index in [9.17, 15) is 9.90 Å². The largest absolute Gasteiger partial charge is 0.392 e. The molecule has 1 amide bonds. The number of aliphatic hydroxyl groups excluding tert-OH is 1. The van der Waals surface area contributed by atoms with Gasteiger partial charge in [-0.2, -0.15) is 0 Å². The van der Waals surface area contributed by atoms with Gasteiger partial charge in [0.1, 0.15) is 0 Å². The van der Waals surface area contributed by atoms with E-state index in [0.717, 1.165) is 46.5 Å². The first-order valence-corrected chi connectivity index (χ1v) is 16.9. The predicted octanol–water partition coefficient (Wildman–Crippen LogP) is 8.00. The van der Waals surface area contributed by atoms with E-state index >= 15 is 0 Å². The van der Waals surface area contributed by atoms with Crippen molar-refractivity contribution < 1.29 is 19.4 Å². The minimum absolute atomic E-state index is 0.0149. The summed E-state index contributed by atoms with van der Waals surface area (Å²) < 4.78 is 13.6. The summed E-state index contributed by atoms with van der Waals surface area (Å²) in [4.78, 5) is 15.2. The summed E-state index contributed by atoms with van der Waals surface area (Å²) in [5.41, 5.74) is 6.74. The van der Waals surface area contributed by atoms with Crippen molar-refractivity contribution in [1.29, 1.82) is 0 Å². The first-order valence-electron chi connectivity index (χ1n) is 16.9. The molecule has 1 saturated heterocycles. The van der Waals surface area contributed by atoms with E-state index in [4.69, 9.17) is 9.47 Å². The Hall–Kier alpha value is -4.07. The lowest BCUT2D eigenvalue weighted by atomic mass is 9.89. The third-order valence-corrected chi connectivity index (χ3v) is 9.65. The number of nitrogens with one attached hydrogen (secondary N) is 1. The maximum Gasteiger partial charge on any atom is 0.251 e. The molecule has 1 saturated carbocycles. The third kappa shape index (κ3) is 8.09. The van der Waals surface area contributed by atoms with E-state index in [1.54, 1.807) is 0 Å². The number of carbonyl (C=O) groups is 1. The number of amides is 1. The van der Waals surface area contributed by atoms with E-state index in [1.807, 2.05) is 60.7 Å². The van der Waals surface area contributed by atoms with Crippen molar-refractivity contribution in [1.82, 2.24) is 10.2 Å². The molecule has 4 atom stereocenters. The van der Waals surface area contributed by atoms with Crippen LogP contribution in [0, 0.1) is 5.92 Å². The SMILES string of the molecule is C=CCN(C[C@@H]1O[C@H](c2cccc(-c3cccc(CNC(=O)c4ccccc4)c3)c2)O[C@H](c2ccc(CO)cc2)[C@@H]1C)C1CCCC1. The number of hydrogen-bond donors (Lipinski definition) is 2. The number of nitrogens with zero attached hydrogens (tertiary/aromatic N) is 1. The van der Waals surface area contributed by atoms with Crippen LogP contribution in [0.4, 0.5) is 0 Å². The summed E-state index contributed by atoms with van der Waals surface area (Å²) in [5, 5.41) is 12.7. The molecule has 1 aliphatic heterocycles. The van der Waals surface area contributed by atoms with Crippen LogP contribution in [-0.2, 0) is 22.6 Å². The zero-order valence-electron chi connectivity index (χ0n) is 27.3. The fourth-order valence-electron chi connectivity index (χ4n) is 6.97. The number of hydrogen-bond acceptors (Lipinski definition) is 5. The van der Waals surface area contributed by atoms with Gasteiger partial charge in [-0.1, -0.05) is 105 Å². The Morgan fingerprint density at radius 2 is 1.60 bits per heavy atom. The van der Waals surface area contributed by atoms with E-state index < -0.39 is 6.29 Å². The van der Waals surface area contributed by atoms with E-state index in [0.29, 0.717) is 18.2 Å². The zero-order chi connectivity index (χ0) is 32.6. The van der Waals surface area contributed by atoms with Crippen molar-refractivity contribution in [3.8, 4) is 11.1 Å². The molecular formula is C41H46N2O4. The van der Waals surface area contributed by atoms with Gasteiger partial charge in [-0.15, -0.1) is 6.58 Å². The maximum atomic E-state index is 12.6. The fraction of sp³-hybridized carbons (Fsp3) is 0.341. The second-order valence-electron chi connectivity index (χ2n) is 12.9. The molecule has 0 radical (unpaired) electrons. The van der Waals surface area contributed by atoms with Crippen LogP contribution in [0.1, 0.15) is 77.6 Å². The van der Waals surface area contributed by atoms with Crippen LogP contribution in [0.3, 0.4) is 0 Å². The summed E-state index contributed by atoms with van der Waals surface area (Å²) in [6, 6.07) is 34.6. The van der Waals surface area contributed by atoms with Gasteiger partial charge in [0.15, 0.2) is 6.29 Å². The standard InChI is InChI=1S/C41H46N2O4/c1-3-23-43(37-17-7-8-18-37)27-38-29(2)39(32-21-19-30(28-44)20-22-32)47-41(46-38)36-16-10-15-35(25-36)34-14-9-11-31(24-34)26-42-40(45)33-12-5-4-6-13-33/h3-6,9-16,19-22,24-25,29,37-39,41,44H,1,7-8,17-18,23,26-28H2,2H3,(H,42,45)/t29-,38+,39+,41+/m1/s1. The van der Waals surface area contributed by atoms with Crippen molar-refractivity contribution in [2.75, 3.05) is 13.1 Å². The summed E-state index contributed by atoms with van der Waals surface area (Å²) in [7, 11) is 0. The van der Waals surface area contributed by atoms with Crippen LogP contribution in [0.15, 0.2) is 116 Å². The minimum Gasteiger partial charge on any atom is -0.392 e. The molecule has 1 heterocycles. The number of aliphatic hydroxyl groups is 1. The number of ether oxygens (including phenoxy) is 2. The third-order valence-electron chi connectivity index (χ3n) is 9.65. The van der Waals surface area contributed by atoms with Crippen molar-refractivity contribution in [2.45, 2.75) is 70.3 Å². The molecule has 6 nitrogen and oxygen atoms in total. The molecule has 1 aliphatic carbocycles. The Morgan fingerprint density at radius 3 is 2.32 bits per heavy atom. The Morgan fingerprint density at radius 1 is 0.872 bits per heavy atom. The Balaban J connectivity index is 1.24. The highest BCUT2D eigenvalue weighted by atomic mass is 16.7. The summed E-state index contributed by atoms with van der Waals surface area (Å²) >= 11 is 0. The van der Waals surface area contributed by atoms with Crippen molar-refractivity contribution in [3.63, 3.8) is 0 Å². The average molecular weight is 631 g/mol. The first kappa shape index (κ1) is 32.9. The topological polar surface area (TPSA) is 71.0 Å². The first-order chi connectivity index (χ1) is 23.0. The smallest absolute Gasteiger partial charge is 0.251 e. The molecule has 6 rings (SSSR count). The fourth-order valence-corrected chi connectivity index (χ4v) is 6.97. The van der Waals surface area contributed by atoms with E-state index in [1.165, 1.54) is 25.7 Å². The quantitative estimate of drug-likeness (QED) is 0.155. The van der Waals surface area contributed by atoms with Crippen LogP contribution in [-0.4, -0.2) is 41.1 Å². The van der Waals surface area contributed by atoms with E-state index in [-0.39, 0.29) is 30.6 Å². The summed E-state index contributed by atoms with van der Waals surface area (Å²) in [5.74, 6) is 0.0272. The van der Waals surface area contributed by atoms with Crippen LogP contribution in [0.5, 0.6) is 0 Å². The second kappa shape index (κ2) is 15.7. The van der Waals surface area contributed by atoms with Gasteiger partial charge in [-0.05, 0) is 64.9 Å². The van der Waals surface area contributed by atoms with Crippen LogP contribution in [0.25, 0.3) is 11.1 Å². The lowest BCUT2D eigenvalue weighted by Gasteiger charge is -2.43. The highest BCUT2D eigenvalue weighted by Crippen LogP contribution is 2.43. The van der Waals surface area contributed by atoms with Gasteiger partial charge in [0.2, 0.25) is 0 Å². The number of benzene rings is 4. The van der Waals surface area contributed by atoms with E-state index in [2.05, 4.69) is 72.3 Å². The normalized spacial score (nSPS) is 21.5. The molecule has 244 valence electrons. The molecule has 2 aliphatic rings. The average Bonchev–Trinajstić information content (AvgIpc) is 3.67. The van der Waals surface area contributed by atoms with Crippen molar-refractivity contribution >= 4 is 5.91 Å². The Bertz CT molecular complexity index is 1620.